The number of hydrogen-bond donors (Lipinski definition) is 0. The third-order valence-electron chi connectivity index (χ3n) is 4.32. The summed E-state index contributed by atoms with van der Waals surface area (Å²) >= 11 is 0. The van der Waals surface area contributed by atoms with E-state index in [0.29, 0.717) is 33.4 Å². The van der Waals surface area contributed by atoms with Crippen molar-refractivity contribution in [3.8, 4) is 11.5 Å². The van der Waals surface area contributed by atoms with E-state index in [2.05, 4.69) is 0 Å². The minimum atomic E-state index is -0.0401. The van der Waals surface area contributed by atoms with Crippen LogP contribution < -0.4 is 14.9 Å². The van der Waals surface area contributed by atoms with Crippen molar-refractivity contribution >= 4 is 32.7 Å². The molecular formula is C20H16O4. The predicted octanol–water partition coefficient (Wildman–Crippen LogP) is 4.43. The molecular weight excluding hydrogens is 304 g/mol. The second-order valence-corrected chi connectivity index (χ2v) is 5.79. The van der Waals surface area contributed by atoms with E-state index in [0.717, 1.165) is 16.3 Å². The lowest BCUT2D eigenvalue weighted by molar-refractivity contribution is 0.410. The van der Waals surface area contributed by atoms with Gasteiger partial charge < -0.3 is 13.9 Å². The minimum Gasteiger partial charge on any atom is -0.496 e. The maximum atomic E-state index is 12.9. The van der Waals surface area contributed by atoms with E-state index < -0.39 is 0 Å². The molecule has 0 aliphatic carbocycles. The molecule has 0 saturated heterocycles. The van der Waals surface area contributed by atoms with E-state index in [9.17, 15) is 4.79 Å². The van der Waals surface area contributed by atoms with Gasteiger partial charge in [-0.05, 0) is 43.3 Å². The molecule has 0 radical (unpaired) electrons. The molecule has 0 spiro atoms. The smallest absolute Gasteiger partial charge is 0.200 e. The number of ether oxygens (including phenoxy) is 2. The van der Waals surface area contributed by atoms with E-state index in [4.69, 9.17) is 13.9 Å². The Morgan fingerprint density at radius 3 is 2.04 bits per heavy atom. The summed E-state index contributed by atoms with van der Waals surface area (Å²) < 4.78 is 16.8. The largest absolute Gasteiger partial charge is 0.496 e. The quantitative estimate of drug-likeness (QED) is 0.513. The van der Waals surface area contributed by atoms with Crippen LogP contribution >= 0.6 is 0 Å². The normalized spacial score (nSPS) is 11.3. The van der Waals surface area contributed by atoms with Gasteiger partial charge in [-0.25, -0.2) is 0 Å². The lowest BCUT2D eigenvalue weighted by Crippen LogP contribution is -2.02. The average Bonchev–Trinajstić information content (AvgIpc) is 2.60. The van der Waals surface area contributed by atoms with Gasteiger partial charge in [0.2, 0.25) is 5.43 Å². The van der Waals surface area contributed by atoms with Gasteiger partial charge >= 0.3 is 0 Å². The monoisotopic (exact) mass is 320 g/mol. The molecule has 4 aromatic rings. The van der Waals surface area contributed by atoms with E-state index in [1.54, 1.807) is 14.2 Å². The van der Waals surface area contributed by atoms with Gasteiger partial charge in [0.1, 0.15) is 22.7 Å². The van der Waals surface area contributed by atoms with Gasteiger partial charge in [-0.2, -0.15) is 0 Å². The Kier molecular flexibility index (Phi) is 3.20. The lowest BCUT2D eigenvalue weighted by atomic mass is 10.0. The second-order valence-electron chi connectivity index (χ2n) is 5.79. The molecule has 4 nitrogen and oxygen atoms in total. The van der Waals surface area contributed by atoms with Crippen LogP contribution in [0.2, 0.25) is 0 Å². The molecule has 3 aromatic carbocycles. The molecule has 0 bridgehead atoms. The van der Waals surface area contributed by atoms with Crippen molar-refractivity contribution in [1.82, 2.24) is 0 Å². The highest BCUT2D eigenvalue weighted by atomic mass is 16.5. The zero-order chi connectivity index (χ0) is 16.8. The molecule has 120 valence electrons. The van der Waals surface area contributed by atoms with Gasteiger partial charge in [0.25, 0.3) is 0 Å². The molecule has 0 amide bonds. The van der Waals surface area contributed by atoms with Crippen LogP contribution in [0.4, 0.5) is 0 Å². The fourth-order valence-corrected chi connectivity index (χ4v) is 3.11. The first-order chi connectivity index (χ1) is 11.6. The zero-order valence-electron chi connectivity index (χ0n) is 13.7. The third-order valence-corrected chi connectivity index (χ3v) is 4.32. The molecule has 0 atom stereocenters. The van der Waals surface area contributed by atoms with Crippen molar-refractivity contribution in [3.05, 3.63) is 58.3 Å². The summed E-state index contributed by atoms with van der Waals surface area (Å²) in [7, 11) is 3.22. The van der Waals surface area contributed by atoms with Crippen LogP contribution in [0.5, 0.6) is 11.5 Å². The lowest BCUT2D eigenvalue weighted by Gasteiger charge is -2.11. The fourth-order valence-electron chi connectivity index (χ4n) is 3.11. The van der Waals surface area contributed by atoms with Crippen molar-refractivity contribution < 1.29 is 13.9 Å². The van der Waals surface area contributed by atoms with Gasteiger partial charge in [0, 0.05) is 10.8 Å². The summed E-state index contributed by atoms with van der Waals surface area (Å²) in [5.74, 6) is 1.40. The molecule has 0 unspecified atom stereocenters. The third kappa shape index (κ3) is 2.03. The summed E-state index contributed by atoms with van der Waals surface area (Å²) in [6, 6.07) is 13.0. The number of rotatable bonds is 2. The van der Waals surface area contributed by atoms with Gasteiger partial charge in [-0.3, -0.25) is 4.79 Å². The first kappa shape index (κ1) is 14.6. The number of hydrogen-bond acceptors (Lipinski definition) is 4. The van der Waals surface area contributed by atoms with Gasteiger partial charge in [0.15, 0.2) is 0 Å². The number of aryl methyl sites for hydroxylation is 1. The van der Waals surface area contributed by atoms with Crippen molar-refractivity contribution in [1.29, 1.82) is 0 Å². The van der Waals surface area contributed by atoms with Crippen LogP contribution in [0.25, 0.3) is 32.7 Å². The molecule has 4 heteroatoms. The molecule has 1 heterocycles. The Hall–Kier alpha value is -3.01. The van der Waals surface area contributed by atoms with E-state index in [1.807, 2.05) is 49.4 Å². The number of benzene rings is 3. The SMILES string of the molecule is COc1ccc(OC)c2cc3c(=O)c4cc(C)ccc4oc3cc12. The van der Waals surface area contributed by atoms with Gasteiger partial charge in [0.05, 0.1) is 25.0 Å². The van der Waals surface area contributed by atoms with Crippen molar-refractivity contribution in [3.63, 3.8) is 0 Å². The molecule has 24 heavy (non-hydrogen) atoms. The van der Waals surface area contributed by atoms with Crippen LogP contribution in [-0.4, -0.2) is 14.2 Å². The highest BCUT2D eigenvalue weighted by Crippen LogP contribution is 2.36. The van der Waals surface area contributed by atoms with Crippen molar-refractivity contribution in [2.75, 3.05) is 14.2 Å². The molecule has 0 saturated carbocycles. The highest BCUT2D eigenvalue weighted by Gasteiger charge is 2.13. The maximum absolute atomic E-state index is 12.9. The Morgan fingerprint density at radius 1 is 0.750 bits per heavy atom. The van der Waals surface area contributed by atoms with Crippen LogP contribution in [0.1, 0.15) is 5.56 Å². The van der Waals surface area contributed by atoms with Crippen LogP contribution in [0.15, 0.2) is 51.7 Å². The second kappa shape index (κ2) is 5.27. The molecule has 1 aromatic heterocycles. The Bertz CT molecular complexity index is 1160. The summed E-state index contributed by atoms with van der Waals surface area (Å²) in [5.41, 5.74) is 2.10. The van der Waals surface area contributed by atoms with Crippen LogP contribution in [0, 0.1) is 6.92 Å². The minimum absolute atomic E-state index is 0.0401. The van der Waals surface area contributed by atoms with E-state index in [-0.39, 0.29) is 5.43 Å². The first-order valence-corrected chi connectivity index (χ1v) is 7.64. The zero-order valence-corrected chi connectivity index (χ0v) is 13.7. The summed E-state index contributed by atoms with van der Waals surface area (Å²) in [5, 5.41) is 2.79. The summed E-state index contributed by atoms with van der Waals surface area (Å²) in [6.45, 7) is 1.96. The Labute approximate surface area is 138 Å². The average molecular weight is 320 g/mol. The predicted molar refractivity (Wildman–Crippen MR) is 95.3 cm³/mol. The van der Waals surface area contributed by atoms with E-state index in [1.165, 1.54) is 0 Å². The number of methoxy groups -OCH3 is 2. The molecule has 0 aliphatic heterocycles. The molecule has 4 rings (SSSR count). The molecule has 0 aliphatic rings. The highest BCUT2D eigenvalue weighted by molar-refractivity contribution is 6.04. The topological polar surface area (TPSA) is 48.7 Å². The Balaban J connectivity index is 2.22. The summed E-state index contributed by atoms with van der Waals surface area (Å²) in [4.78, 5) is 12.9. The molecule has 0 fully saturated rings. The van der Waals surface area contributed by atoms with Crippen molar-refractivity contribution in [2.45, 2.75) is 6.92 Å². The maximum Gasteiger partial charge on any atom is 0.200 e. The molecule has 0 N–H and O–H groups in total. The standard InChI is InChI=1S/C20H16O4/c1-11-4-5-18-14(8-11)20(21)15-9-12-13(10-19(15)24-18)17(23-3)7-6-16(12)22-2/h4-10H,1-3H3. The van der Waals surface area contributed by atoms with Gasteiger partial charge in [-0.15, -0.1) is 0 Å². The van der Waals surface area contributed by atoms with Crippen LogP contribution in [-0.2, 0) is 0 Å². The summed E-state index contributed by atoms with van der Waals surface area (Å²) in [6.07, 6.45) is 0. The number of fused-ring (bicyclic) bond motifs is 3. The first-order valence-electron chi connectivity index (χ1n) is 7.64. The van der Waals surface area contributed by atoms with Crippen LogP contribution in [0.3, 0.4) is 0 Å². The Morgan fingerprint density at radius 2 is 1.38 bits per heavy atom. The van der Waals surface area contributed by atoms with E-state index >= 15 is 0 Å². The van der Waals surface area contributed by atoms with Gasteiger partial charge in [-0.1, -0.05) is 11.6 Å². The van der Waals surface area contributed by atoms with Crippen molar-refractivity contribution in [2.24, 2.45) is 0 Å². The fraction of sp³-hybridized carbons (Fsp3) is 0.150.